The fourth-order valence-electron chi connectivity index (χ4n) is 1.57. The van der Waals surface area contributed by atoms with Crippen molar-refractivity contribution in [1.29, 1.82) is 0 Å². The first-order chi connectivity index (χ1) is 7.45. The molecule has 2 N–H and O–H groups in total. The van der Waals surface area contributed by atoms with Gasteiger partial charge in [0.05, 0.1) is 19.2 Å². The SMILES string of the molecule is C(=N\NC1=[NH+]CCCCC1)/c1cccs1. The summed E-state index contributed by atoms with van der Waals surface area (Å²) in [6, 6.07) is 4.09. The molecule has 0 radical (unpaired) electrons. The number of nitrogens with one attached hydrogen (secondary N) is 2. The minimum atomic E-state index is 1.07. The molecule has 1 aromatic rings. The second kappa shape index (κ2) is 5.66. The van der Waals surface area contributed by atoms with Gasteiger partial charge in [0.15, 0.2) is 0 Å². The van der Waals surface area contributed by atoms with Crippen LogP contribution < -0.4 is 10.4 Å². The Labute approximate surface area is 93.9 Å². The maximum absolute atomic E-state index is 4.22. The van der Waals surface area contributed by atoms with Gasteiger partial charge >= 0.3 is 0 Å². The van der Waals surface area contributed by atoms with Gasteiger partial charge in [-0.15, -0.1) is 11.3 Å². The third-order valence-corrected chi connectivity index (χ3v) is 3.18. The number of nitrogens with zero attached hydrogens (tertiary/aromatic N) is 1. The van der Waals surface area contributed by atoms with Crippen molar-refractivity contribution in [2.75, 3.05) is 6.54 Å². The van der Waals surface area contributed by atoms with Gasteiger partial charge in [-0.25, -0.2) is 0 Å². The molecule has 3 nitrogen and oxygen atoms in total. The van der Waals surface area contributed by atoms with E-state index in [2.05, 4.69) is 27.0 Å². The average Bonchev–Trinajstić information content (AvgIpc) is 2.62. The summed E-state index contributed by atoms with van der Waals surface area (Å²) in [4.78, 5) is 4.53. The maximum Gasteiger partial charge on any atom is 0.267 e. The number of hydrogen-bond acceptors (Lipinski definition) is 3. The first kappa shape index (κ1) is 10.4. The molecule has 0 unspecified atom stereocenters. The van der Waals surface area contributed by atoms with Gasteiger partial charge in [-0.1, -0.05) is 11.2 Å². The lowest BCUT2D eigenvalue weighted by Crippen LogP contribution is -2.75. The molecule has 0 saturated heterocycles. The first-order valence-corrected chi connectivity index (χ1v) is 6.25. The molecule has 0 atom stereocenters. The second-order valence-electron chi connectivity index (χ2n) is 3.60. The van der Waals surface area contributed by atoms with Crippen molar-refractivity contribution < 1.29 is 4.99 Å². The summed E-state index contributed by atoms with van der Waals surface area (Å²) in [6.07, 6.45) is 6.78. The zero-order valence-corrected chi connectivity index (χ0v) is 9.52. The van der Waals surface area contributed by atoms with Crippen molar-refractivity contribution >= 4 is 23.4 Å². The van der Waals surface area contributed by atoms with Gasteiger partial charge in [-0.2, -0.15) is 5.43 Å². The molecule has 4 heteroatoms. The van der Waals surface area contributed by atoms with E-state index in [1.54, 1.807) is 11.3 Å². The lowest BCUT2D eigenvalue weighted by molar-refractivity contribution is -0.459. The molecule has 1 aromatic heterocycles. The highest BCUT2D eigenvalue weighted by molar-refractivity contribution is 7.11. The predicted octanol–water partition coefficient (Wildman–Crippen LogP) is 0.725. The minimum absolute atomic E-state index is 1.07. The number of thiophene rings is 1. The Morgan fingerprint density at radius 3 is 3.27 bits per heavy atom. The molecule has 0 fully saturated rings. The quantitative estimate of drug-likeness (QED) is 0.562. The van der Waals surface area contributed by atoms with E-state index < -0.39 is 0 Å². The van der Waals surface area contributed by atoms with Crippen LogP contribution in [0, 0.1) is 0 Å². The van der Waals surface area contributed by atoms with Gasteiger partial charge in [0.25, 0.3) is 5.84 Å². The molecule has 0 spiro atoms. The monoisotopic (exact) mass is 222 g/mol. The highest BCUT2D eigenvalue weighted by Crippen LogP contribution is 2.04. The van der Waals surface area contributed by atoms with Crippen LogP contribution in [0.25, 0.3) is 0 Å². The van der Waals surface area contributed by atoms with Crippen molar-refractivity contribution in [1.82, 2.24) is 5.43 Å². The minimum Gasteiger partial charge on any atom is -0.277 e. The molecule has 0 saturated carbocycles. The van der Waals surface area contributed by atoms with Crippen molar-refractivity contribution in [3.8, 4) is 0 Å². The fourth-order valence-corrected chi connectivity index (χ4v) is 2.15. The molecule has 2 rings (SSSR count). The number of hydrazone groups is 1. The Kier molecular flexibility index (Phi) is 3.91. The van der Waals surface area contributed by atoms with Crippen LogP contribution in [-0.4, -0.2) is 18.6 Å². The van der Waals surface area contributed by atoms with E-state index in [9.17, 15) is 0 Å². The zero-order chi connectivity index (χ0) is 10.3. The Hall–Kier alpha value is -1.16. The van der Waals surface area contributed by atoms with Crippen LogP contribution >= 0.6 is 11.3 Å². The second-order valence-corrected chi connectivity index (χ2v) is 4.58. The number of rotatable bonds is 2. The topological polar surface area (TPSA) is 38.4 Å². The van der Waals surface area contributed by atoms with Crippen LogP contribution in [0.2, 0.25) is 0 Å². The van der Waals surface area contributed by atoms with E-state index in [0.717, 1.165) is 18.8 Å². The summed E-state index contributed by atoms with van der Waals surface area (Å²) >= 11 is 1.69. The molecular formula is C11H16N3S+. The Morgan fingerprint density at radius 2 is 2.40 bits per heavy atom. The molecule has 80 valence electrons. The highest BCUT2D eigenvalue weighted by Gasteiger charge is 2.07. The average molecular weight is 222 g/mol. The highest BCUT2D eigenvalue weighted by atomic mass is 32.1. The molecule has 0 bridgehead atoms. The van der Waals surface area contributed by atoms with Gasteiger partial charge in [0.2, 0.25) is 0 Å². The molecule has 1 aliphatic rings. The standard InChI is InChI=1S/C11H15N3S/c1-2-6-11(12-7-3-1)14-13-9-10-5-4-8-15-10/h4-5,8-9H,1-3,6-7H2,(H,12,14)/p+1/b13-9+. The van der Waals surface area contributed by atoms with E-state index in [0.29, 0.717) is 0 Å². The van der Waals surface area contributed by atoms with Crippen molar-refractivity contribution in [3.63, 3.8) is 0 Å². The van der Waals surface area contributed by atoms with E-state index in [1.165, 1.54) is 24.1 Å². The number of amidine groups is 1. The summed E-state index contributed by atoms with van der Waals surface area (Å²) in [6.45, 7) is 1.07. The zero-order valence-electron chi connectivity index (χ0n) is 8.70. The Morgan fingerprint density at radius 1 is 1.40 bits per heavy atom. The largest absolute Gasteiger partial charge is 0.277 e. The molecule has 0 aromatic carbocycles. The van der Waals surface area contributed by atoms with Crippen LogP contribution in [0.4, 0.5) is 0 Å². The Bertz CT molecular complexity index is 341. The maximum atomic E-state index is 4.22. The molecule has 0 aliphatic carbocycles. The van der Waals surface area contributed by atoms with Gasteiger partial charge < -0.3 is 0 Å². The van der Waals surface area contributed by atoms with E-state index >= 15 is 0 Å². The van der Waals surface area contributed by atoms with Gasteiger partial charge in [-0.05, 0) is 30.7 Å². The summed E-state index contributed by atoms with van der Waals surface area (Å²) in [5, 5.41) is 6.27. The van der Waals surface area contributed by atoms with E-state index in [4.69, 9.17) is 0 Å². The van der Waals surface area contributed by atoms with Crippen molar-refractivity contribution in [3.05, 3.63) is 22.4 Å². The Balaban J connectivity index is 1.84. The van der Waals surface area contributed by atoms with Crippen molar-refractivity contribution in [2.24, 2.45) is 5.10 Å². The van der Waals surface area contributed by atoms with Crippen LogP contribution in [0.15, 0.2) is 22.6 Å². The van der Waals surface area contributed by atoms with Crippen LogP contribution in [0.1, 0.15) is 30.6 Å². The summed E-state index contributed by atoms with van der Waals surface area (Å²) < 4.78 is 0. The molecule has 1 aliphatic heterocycles. The van der Waals surface area contributed by atoms with Crippen LogP contribution in [-0.2, 0) is 0 Å². The lowest BCUT2D eigenvalue weighted by Gasteiger charge is -1.92. The van der Waals surface area contributed by atoms with Crippen molar-refractivity contribution in [2.45, 2.75) is 25.7 Å². The molecule has 2 heterocycles. The van der Waals surface area contributed by atoms with Gasteiger partial charge in [0, 0.05) is 4.88 Å². The normalized spacial score (nSPS) is 17.5. The fraction of sp³-hybridized carbons (Fsp3) is 0.455. The summed E-state index contributed by atoms with van der Waals surface area (Å²) in [5.41, 5.74) is 3.08. The van der Waals surface area contributed by atoms with E-state index in [1.807, 2.05) is 12.3 Å². The van der Waals surface area contributed by atoms with Crippen LogP contribution in [0.5, 0.6) is 0 Å². The number of hydrogen-bond donors (Lipinski definition) is 2. The third-order valence-electron chi connectivity index (χ3n) is 2.38. The third kappa shape index (κ3) is 3.47. The lowest BCUT2D eigenvalue weighted by atomic mass is 10.2. The van der Waals surface area contributed by atoms with Gasteiger partial charge in [-0.3, -0.25) is 4.99 Å². The van der Waals surface area contributed by atoms with Gasteiger partial charge in [0.1, 0.15) is 0 Å². The molecular weight excluding hydrogens is 206 g/mol. The smallest absolute Gasteiger partial charge is 0.267 e. The molecule has 15 heavy (non-hydrogen) atoms. The van der Waals surface area contributed by atoms with Crippen LogP contribution in [0.3, 0.4) is 0 Å². The van der Waals surface area contributed by atoms with E-state index in [-0.39, 0.29) is 0 Å². The summed E-state index contributed by atoms with van der Waals surface area (Å²) in [7, 11) is 0. The molecule has 0 amide bonds. The predicted molar refractivity (Wildman–Crippen MR) is 64.4 cm³/mol. The first-order valence-electron chi connectivity index (χ1n) is 5.37. The summed E-state index contributed by atoms with van der Waals surface area (Å²) in [5.74, 6) is 1.15.